The molecule has 3 N–H and O–H groups in total. The maximum atomic E-state index is 12.2. The Kier molecular flexibility index (Phi) is 4.53. The molecule has 0 radical (unpaired) electrons. The van der Waals surface area contributed by atoms with Crippen molar-refractivity contribution >= 4 is 10.0 Å². The molecule has 0 spiro atoms. The van der Waals surface area contributed by atoms with E-state index in [4.69, 9.17) is 0 Å². The van der Waals surface area contributed by atoms with Crippen molar-refractivity contribution in [2.24, 2.45) is 0 Å². The van der Waals surface area contributed by atoms with Gasteiger partial charge in [0, 0.05) is 37.4 Å². The van der Waals surface area contributed by atoms with Crippen molar-refractivity contribution in [2.75, 3.05) is 7.05 Å². The number of pyridine rings is 1. The third-order valence-electron chi connectivity index (χ3n) is 2.99. The van der Waals surface area contributed by atoms with Crippen molar-refractivity contribution < 1.29 is 8.42 Å². The second-order valence-electron chi connectivity index (χ2n) is 4.52. The highest BCUT2D eigenvalue weighted by Gasteiger charge is 2.16. The van der Waals surface area contributed by atoms with Gasteiger partial charge in [0.1, 0.15) is 0 Å². The molecule has 0 saturated carbocycles. The van der Waals surface area contributed by atoms with Gasteiger partial charge < -0.3 is 10.3 Å². The Morgan fingerprint density at radius 3 is 2.85 bits per heavy atom. The Hall–Kier alpha value is -1.70. The van der Waals surface area contributed by atoms with Crippen molar-refractivity contribution in [2.45, 2.75) is 24.9 Å². The molecule has 108 valence electrons. The average Bonchev–Trinajstić information content (AvgIpc) is 2.88. The lowest BCUT2D eigenvalue weighted by molar-refractivity contribution is 0.581. The van der Waals surface area contributed by atoms with Gasteiger partial charge in [-0.1, -0.05) is 0 Å². The highest BCUT2D eigenvalue weighted by atomic mass is 32.2. The van der Waals surface area contributed by atoms with E-state index in [-0.39, 0.29) is 11.4 Å². The van der Waals surface area contributed by atoms with Gasteiger partial charge in [0.2, 0.25) is 10.0 Å². The molecule has 20 heavy (non-hydrogen) atoms. The van der Waals surface area contributed by atoms with Crippen LogP contribution in [0.4, 0.5) is 0 Å². The van der Waals surface area contributed by atoms with E-state index in [1.807, 2.05) is 13.0 Å². The van der Waals surface area contributed by atoms with Crippen LogP contribution in [-0.2, 0) is 23.1 Å². The first-order chi connectivity index (χ1) is 9.53. The fraction of sp³-hybridized carbons (Fsp3) is 0.308. The summed E-state index contributed by atoms with van der Waals surface area (Å²) in [7, 11) is -1.71. The van der Waals surface area contributed by atoms with Crippen molar-refractivity contribution in [3.8, 4) is 0 Å². The smallest absolute Gasteiger partial charge is 0.242 e. The van der Waals surface area contributed by atoms with E-state index >= 15 is 0 Å². The van der Waals surface area contributed by atoms with Crippen molar-refractivity contribution in [1.82, 2.24) is 20.0 Å². The van der Waals surface area contributed by atoms with E-state index < -0.39 is 10.0 Å². The van der Waals surface area contributed by atoms with Gasteiger partial charge in [0.25, 0.3) is 0 Å². The van der Waals surface area contributed by atoms with E-state index in [0.29, 0.717) is 6.54 Å². The molecular formula is C13H18N4O2S. The average molecular weight is 294 g/mol. The van der Waals surface area contributed by atoms with Crippen LogP contribution in [0.15, 0.2) is 35.6 Å². The molecule has 2 aromatic heterocycles. The first-order valence-corrected chi connectivity index (χ1v) is 7.72. The molecule has 0 atom stereocenters. The molecule has 0 aliphatic rings. The maximum absolute atomic E-state index is 12.2. The first kappa shape index (κ1) is 14.7. The third kappa shape index (κ3) is 3.44. The molecule has 0 amide bonds. The summed E-state index contributed by atoms with van der Waals surface area (Å²) in [6.45, 7) is 2.75. The molecule has 0 saturated heterocycles. The zero-order valence-corrected chi connectivity index (χ0v) is 12.3. The molecule has 0 fully saturated rings. The predicted molar refractivity (Wildman–Crippen MR) is 76.6 cm³/mol. The highest BCUT2D eigenvalue weighted by molar-refractivity contribution is 7.89. The van der Waals surface area contributed by atoms with Crippen LogP contribution in [0.5, 0.6) is 0 Å². The molecule has 7 heteroatoms. The third-order valence-corrected chi connectivity index (χ3v) is 4.37. The minimum absolute atomic E-state index is 0.231. The predicted octanol–water partition coefficient (Wildman–Crippen LogP) is 0.916. The van der Waals surface area contributed by atoms with E-state index in [9.17, 15) is 8.42 Å². The Morgan fingerprint density at radius 2 is 2.15 bits per heavy atom. The second kappa shape index (κ2) is 6.17. The van der Waals surface area contributed by atoms with Crippen LogP contribution < -0.4 is 10.0 Å². The zero-order valence-electron chi connectivity index (χ0n) is 11.5. The Labute approximate surface area is 118 Å². The Morgan fingerprint density at radius 1 is 1.35 bits per heavy atom. The molecule has 2 aromatic rings. The maximum Gasteiger partial charge on any atom is 0.242 e. The van der Waals surface area contributed by atoms with Gasteiger partial charge in [0.05, 0.1) is 4.90 Å². The molecule has 2 heterocycles. The van der Waals surface area contributed by atoms with Gasteiger partial charge >= 0.3 is 0 Å². The lowest BCUT2D eigenvalue weighted by Crippen LogP contribution is -2.23. The number of sulfonamides is 1. The van der Waals surface area contributed by atoms with Gasteiger partial charge in [-0.2, -0.15) is 0 Å². The Bertz CT molecular complexity index is 679. The lowest BCUT2D eigenvalue weighted by Gasteiger charge is -2.07. The molecule has 6 nitrogen and oxygen atoms in total. The van der Waals surface area contributed by atoms with E-state index in [1.165, 1.54) is 6.20 Å². The Balaban J connectivity index is 2.09. The largest absolute Gasteiger partial charge is 0.363 e. The van der Waals surface area contributed by atoms with E-state index in [1.54, 1.807) is 25.5 Å². The fourth-order valence-electron chi connectivity index (χ4n) is 1.80. The highest BCUT2D eigenvalue weighted by Crippen LogP contribution is 2.12. The quantitative estimate of drug-likeness (QED) is 0.739. The van der Waals surface area contributed by atoms with Crippen LogP contribution in [0.25, 0.3) is 0 Å². The van der Waals surface area contributed by atoms with Gasteiger partial charge in [-0.25, -0.2) is 13.1 Å². The zero-order chi connectivity index (χ0) is 14.6. The van der Waals surface area contributed by atoms with Crippen LogP contribution >= 0.6 is 0 Å². The van der Waals surface area contributed by atoms with Crippen LogP contribution in [0, 0.1) is 6.92 Å². The monoisotopic (exact) mass is 294 g/mol. The van der Waals surface area contributed by atoms with Crippen molar-refractivity contribution in [3.05, 3.63) is 47.5 Å². The number of H-pyrrole nitrogens is 1. The number of aryl methyl sites for hydroxylation is 1. The summed E-state index contributed by atoms with van der Waals surface area (Å²) in [5, 5.41) is 2.96. The number of nitrogens with one attached hydrogen (secondary N) is 3. The molecule has 0 bridgehead atoms. The molecule has 2 rings (SSSR count). The van der Waals surface area contributed by atoms with Crippen LogP contribution in [0.1, 0.15) is 16.8 Å². The summed E-state index contributed by atoms with van der Waals surface area (Å²) >= 11 is 0. The van der Waals surface area contributed by atoms with Gasteiger partial charge in [-0.05, 0) is 37.2 Å². The van der Waals surface area contributed by atoms with Gasteiger partial charge in [-0.15, -0.1) is 0 Å². The summed E-state index contributed by atoms with van der Waals surface area (Å²) in [6, 6.07) is 3.47. The minimum atomic E-state index is -3.51. The van der Waals surface area contributed by atoms with Crippen molar-refractivity contribution in [1.29, 1.82) is 0 Å². The number of aromatic nitrogens is 2. The van der Waals surface area contributed by atoms with Crippen LogP contribution in [-0.4, -0.2) is 25.4 Å². The molecule has 0 aliphatic heterocycles. The van der Waals surface area contributed by atoms with E-state index in [2.05, 4.69) is 20.0 Å². The number of hydrogen-bond donors (Lipinski definition) is 3. The van der Waals surface area contributed by atoms with Gasteiger partial charge in [-0.3, -0.25) is 4.98 Å². The summed E-state index contributed by atoms with van der Waals surface area (Å²) in [6.07, 6.45) is 4.84. The minimum Gasteiger partial charge on any atom is -0.363 e. The summed E-state index contributed by atoms with van der Waals surface area (Å²) in [5.41, 5.74) is 2.69. The standard InChI is InChI=1S/C13H18N4O2S/c1-10-3-4-15-6-11(10)7-17-20(18,19)13-5-12(8-14-2)16-9-13/h3-6,9,14,16-17H,7-8H2,1-2H3. The molecular weight excluding hydrogens is 276 g/mol. The van der Waals surface area contributed by atoms with Gasteiger partial charge in [0.15, 0.2) is 0 Å². The number of rotatable bonds is 6. The lowest BCUT2D eigenvalue weighted by atomic mass is 10.2. The molecule has 0 aromatic carbocycles. The second-order valence-corrected chi connectivity index (χ2v) is 6.28. The van der Waals surface area contributed by atoms with Crippen LogP contribution in [0.3, 0.4) is 0 Å². The molecule has 0 unspecified atom stereocenters. The summed E-state index contributed by atoms with van der Waals surface area (Å²) in [4.78, 5) is 7.17. The summed E-state index contributed by atoms with van der Waals surface area (Å²) in [5.74, 6) is 0. The molecule has 0 aliphatic carbocycles. The fourth-order valence-corrected chi connectivity index (χ4v) is 2.83. The van der Waals surface area contributed by atoms with Crippen molar-refractivity contribution in [3.63, 3.8) is 0 Å². The number of nitrogens with zero attached hydrogens (tertiary/aromatic N) is 1. The topological polar surface area (TPSA) is 86.9 Å². The van der Waals surface area contributed by atoms with E-state index in [0.717, 1.165) is 16.8 Å². The first-order valence-electron chi connectivity index (χ1n) is 6.24. The van der Waals surface area contributed by atoms with Crippen LogP contribution in [0.2, 0.25) is 0 Å². The number of hydrogen-bond acceptors (Lipinski definition) is 4. The number of aromatic amines is 1. The SMILES string of the molecule is CNCc1cc(S(=O)(=O)NCc2cnccc2C)c[nH]1. The summed E-state index contributed by atoms with van der Waals surface area (Å²) < 4.78 is 26.9. The normalized spacial score (nSPS) is 11.7.